The number of hydrogen-bond donors (Lipinski definition) is 2. The number of rotatable bonds is 7. The van der Waals surface area contributed by atoms with Crippen LogP contribution < -0.4 is 15.4 Å². The van der Waals surface area contributed by atoms with Gasteiger partial charge in [0.15, 0.2) is 6.10 Å². The first kappa shape index (κ1) is 17.1. The Labute approximate surface area is 129 Å². The first-order valence-electron chi connectivity index (χ1n) is 6.62. The Morgan fingerprint density at radius 2 is 2.00 bits per heavy atom. The van der Waals surface area contributed by atoms with Gasteiger partial charge in [0, 0.05) is 23.7 Å². The molecular formula is C14H20Cl2N2O2. The largest absolute Gasteiger partial charge is 0.479 e. The van der Waals surface area contributed by atoms with Gasteiger partial charge in [-0.15, -0.1) is 0 Å². The maximum atomic E-state index is 11.7. The highest BCUT2D eigenvalue weighted by Crippen LogP contribution is 2.33. The minimum absolute atomic E-state index is 0.173. The second-order valence-electron chi connectivity index (χ2n) is 4.31. The predicted molar refractivity (Wildman–Crippen MR) is 82.6 cm³/mol. The van der Waals surface area contributed by atoms with E-state index in [0.717, 1.165) is 12.1 Å². The third kappa shape index (κ3) is 4.85. The Morgan fingerprint density at radius 3 is 2.60 bits per heavy atom. The zero-order valence-corrected chi connectivity index (χ0v) is 13.4. The number of ether oxygens (including phenoxy) is 1. The average Bonchev–Trinajstić information content (AvgIpc) is 2.39. The van der Waals surface area contributed by atoms with Crippen LogP contribution in [-0.4, -0.2) is 25.1 Å². The summed E-state index contributed by atoms with van der Waals surface area (Å²) in [5, 5.41) is 6.85. The van der Waals surface area contributed by atoms with E-state index >= 15 is 0 Å². The summed E-state index contributed by atoms with van der Waals surface area (Å²) in [6.45, 7) is 7.50. The fourth-order valence-corrected chi connectivity index (χ4v) is 2.26. The summed E-state index contributed by atoms with van der Waals surface area (Å²) in [5.41, 5.74) is 0.834. The van der Waals surface area contributed by atoms with Gasteiger partial charge in [0.2, 0.25) is 0 Å². The fourth-order valence-electron chi connectivity index (χ4n) is 1.68. The number of benzene rings is 1. The van der Waals surface area contributed by atoms with Gasteiger partial charge in [0.25, 0.3) is 5.91 Å². The van der Waals surface area contributed by atoms with Crippen molar-refractivity contribution in [3.05, 3.63) is 27.7 Å². The molecule has 1 unspecified atom stereocenters. The second-order valence-corrected chi connectivity index (χ2v) is 5.15. The van der Waals surface area contributed by atoms with Crippen LogP contribution in [0.15, 0.2) is 12.1 Å². The lowest BCUT2D eigenvalue weighted by molar-refractivity contribution is -0.127. The highest BCUT2D eigenvalue weighted by Gasteiger charge is 2.18. The van der Waals surface area contributed by atoms with Gasteiger partial charge in [-0.3, -0.25) is 4.79 Å². The highest BCUT2D eigenvalue weighted by molar-refractivity contribution is 6.35. The van der Waals surface area contributed by atoms with Crippen LogP contribution in [0.2, 0.25) is 10.0 Å². The number of carbonyl (C=O) groups excluding carboxylic acids is 1. The van der Waals surface area contributed by atoms with E-state index < -0.39 is 6.10 Å². The predicted octanol–water partition coefficient (Wildman–Crippen LogP) is 3.01. The van der Waals surface area contributed by atoms with Crippen molar-refractivity contribution < 1.29 is 9.53 Å². The molecule has 1 aromatic carbocycles. The zero-order valence-electron chi connectivity index (χ0n) is 11.9. The van der Waals surface area contributed by atoms with Crippen molar-refractivity contribution in [3.8, 4) is 5.75 Å². The van der Waals surface area contributed by atoms with Crippen molar-refractivity contribution in [2.45, 2.75) is 33.4 Å². The third-order valence-electron chi connectivity index (χ3n) is 2.67. The van der Waals surface area contributed by atoms with Crippen molar-refractivity contribution in [3.63, 3.8) is 0 Å². The Hall–Kier alpha value is -0.970. The number of hydrogen-bond acceptors (Lipinski definition) is 3. The van der Waals surface area contributed by atoms with Gasteiger partial charge < -0.3 is 15.4 Å². The monoisotopic (exact) mass is 318 g/mol. The van der Waals surface area contributed by atoms with Crippen LogP contribution in [-0.2, 0) is 11.3 Å². The molecule has 0 aliphatic rings. The molecule has 0 aromatic heterocycles. The van der Waals surface area contributed by atoms with Gasteiger partial charge in [-0.25, -0.2) is 0 Å². The quantitative estimate of drug-likeness (QED) is 0.812. The molecule has 4 nitrogen and oxygen atoms in total. The van der Waals surface area contributed by atoms with Gasteiger partial charge in [-0.05, 0) is 32.5 Å². The van der Waals surface area contributed by atoms with Gasteiger partial charge in [0.1, 0.15) is 5.75 Å². The van der Waals surface area contributed by atoms with Gasteiger partial charge in [0.05, 0.1) is 5.02 Å². The molecule has 0 heterocycles. The molecule has 0 spiro atoms. The Kier molecular flexibility index (Phi) is 7.13. The molecule has 0 fully saturated rings. The van der Waals surface area contributed by atoms with E-state index in [1.54, 1.807) is 19.1 Å². The lowest BCUT2D eigenvalue weighted by atomic mass is 10.2. The molecule has 6 heteroatoms. The van der Waals surface area contributed by atoms with Gasteiger partial charge in [-0.1, -0.05) is 30.1 Å². The van der Waals surface area contributed by atoms with Crippen LogP contribution in [0.3, 0.4) is 0 Å². The highest BCUT2D eigenvalue weighted by atomic mass is 35.5. The van der Waals surface area contributed by atoms with Crippen molar-refractivity contribution in [2.24, 2.45) is 0 Å². The Balaban J connectivity index is 2.94. The summed E-state index contributed by atoms with van der Waals surface area (Å²) in [4.78, 5) is 11.7. The number of halogens is 2. The van der Waals surface area contributed by atoms with Gasteiger partial charge in [-0.2, -0.15) is 0 Å². The number of nitrogens with one attached hydrogen (secondary N) is 2. The first-order chi connectivity index (χ1) is 9.49. The lowest BCUT2D eigenvalue weighted by Gasteiger charge is -2.18. The average molecular weight is 319 g/mol. The second kappa shape index (κ2) is 8.35. The number of carbonyl (C=O) groups is 1. The van der Waals surface area contributed by atoms with Crippen molar-refractivity contribution in [1.29, 1.82) is 0 Å². The maximum absolute atomic E-state index is 11.7. The van der Waals surface area contributed by atoms with E-state index in [1.165, 1.54) is 0 Å². The maximum Gasteiger partial charge on any atom is 0.260 e. The Bertz CT molecular complexity index is 467. The molecule has 0 radical (unpaired) electrons. The van der Waals surface area contributed by atoms with E-state index in [0.29, 0.717) is 28.9 Å². The fraction of sp³-hybridized carbons (Fsp3) is 0.500. The van der Waals surface area contributed by atoms with Crippen LogP contribution in [0, 0.1) is 0 Å². The molecule has 20 heavy (non-hydrogen) atoms. The van der Waals surface area contributed by atoms with Crippen molar-refractivity contribution in [2.75, 3.05) is 13.1 Å². The number of likely N-dealkylation sites (N-methyl/N-ethyl adjacent to an activating group) is 1. The van der Waals surface area contributed by atoms with Crippen molar-refractivity contribution >= 4 is 29.1 Å². The van der Waals surface area contributed by atoms with E-state index in [9.17, 15) is 4.79 Å². The molecule has 0 saturated carbocycles. The smallest absolute Gasteiger partial charge is 0.260 e. The van der Waals surface area contributed by atoms with Crippen LogP contribution >= 0.6 is 23.2 Å². The number of amides is 1. The standard InChI is InChI=1S/C14H20Cl2N2O2/c1-4-17-8-10-6-11(15)7-12(16)13(10)20-9(3)14(19)18-5-2/h6-7,9,17H,4-5,8H2,1-3H3,(H,18,19). The SMILES string of the molecule is CCNCc1cc(Cl)cc(Cl)c1OC(C)C(=O)NCC. The zero-order chi connectivity index (χ0) is 15.1. The van der Waals surface area contributed by atoms with Crippen LogP contribution in [0.25, 0.3) is 0 Å². The molecule has 0 aliphatic heterocycles. The first-order valence-corrected chi connectivity index (χ1v) is 7.38. The van der Waals surface area contributed by atoms with Crippen LogP contribution in [0.4, 0.5) is 0 Å². The summed E-state index contributed by atoms with van der Waals surface area (Å²) in [6, 6.07) is 3.40. The Morgan fingerprint density at radius 1 is 1.30 bits per heavy atom. The summed E-state index contributed by atoms with van der Waals surface area (Å²) < 4.78 is 5.70. The minimum Gasteiger partial charge on any atom is -0.479 e. The lowest BCUT2D eigenvalue weighted by Crippen LogP contribution is -2.36. The summed E-state index contributed by atoms with van der Waals surface area (Å²) in [5.74, 6) is 0.323. The normalized spacial score (nSPS) is 12.1. The third-order valence-corrected chi connectivity index (χ3v) is 3.16. The molecule has 0 saturated heterocycles. The minimum atomic E-state index is -0.617. The summed E-state index contributed by atoms with van der Waals surface area (Å²) in [7, 11) is 0. The van der Waals surface area contributed by atoms with E-state index in [2.05, 4.69) is 10.6 Å². The topological polar surface area (TPSA) is 50.4 Å². The molecule has 0 bridgehead atoms. The molecule has 1 aromatic rings. The molecule has 1 atom stereocenters. The van der Waals surface area contributed by atoms with Crippen molar-refractivity contribution in [1.82, 2.24) is 10.6 Å². The molecule has 2 N–H and O–H groups in total. The molecule has 112 valence electrons. The molecule has 1 amide bonds. The van der Waals surface area contributed by atoms with Crippen LogP contribution in [0.1, 0.15) is 26.3 Å². The molecule has 0 aliphatic carbocycles. The van der Waals surface area contributed by atoms with Gasteiger partial charge >= 0.3 is 0 Å². The van der Waals surface area contributed by atoms with Crippen LogP contribution in [0.5, 0.6) is 5.75 Å². The summed E-state index contributed by atoms with van der Waals surface area (Å²) >= 11 is 12.2. The van der Waals surface area contributed by atoms with E-state index in [1.807, 2.05) is 13.8 Å². The molecule has 1 rings (SSSR count). The summed E-state index contributed by atoms with van der Waals surface area (Å²) in [6.07, 6.45) is -0.617. The van der Waals surface area contributed by atoms with E-state index in [-0.39, 0.29) is 5.91 Å². The van der Waals surface area contributed by atoms with E-state index in [4.69, 9.17) is 27.9 Å². The molecular weight excluding hydrogens is 299 g/mol.